The summed E-state index contributed by atoms with van der Waals surface area (Å²) in [6.45, 7) is 0. The molecule has 12 aromatic rings. The van der Waals surface area contributed by atoms with E-state index in [-0.39, 0.29) is 5.82 Å². The Morgan fingerprint density at radius 2 is 0.635 bits per heavy atom. The molecule has 0 aliphatic carbocycles. The molecule has 0 saturated carbocycles. The zero-order valence-electron chi connectivity index (χ0n) is 34.3. The Bertz CT molecular complexity index is 3610. The average molecular weight is 807 g/mol. The first-order valence-corrected chi connectivity index (χ1v) is 21.4. The van der Waals surface area contributed by atoms with Gasteiger partial charge in [-0.15, -0.1) is 0 Å². The number of para-hydroxylation sites is 2. The maximum Gasteiger partial charge on any atom is 0.123 e. The number of benzene rings is 11. The highest BCUT2D eigenvalue weighted by Gasteiger charge is 2.17. The minimum absolute atomic E-state index is 0.238. The van der Waals surface area contributed by atoms with Crippen molar-refractivity contribution in [1.29, 1.82) is 0 Å². The van der Waals surface area contributed by atoms with Crippen molar-refractivity contribution >= 4 is 71.2 Å². The molecule has 3 heteroatoms. The number of nitrogens with zero attached hydrogens (tertiary/aromatic N) is 2. The summed E-state index contributed by atoms with van der Waals surface area (Å²) in [4.78, 5) is 2.30. The Morgan fingerprint density at radius 3 is 1.17 bits per heavy atom. The first-order chi connectivity index (χ1) is 31.1. The van der Waals surface area contributed by atoms with Gasteiger partial charge in [0.05, 0.1) is 11.0 Å². The molecule has 0 saturated heterocycles. The van der Waals surface area contributed by atoms with E-state index in [0.717, 1.165) is 45.0 Å². The monoisotopic (exact) mass is 806 g/mol. The zero-order valence-corrected chi connectivity index (χ0v) is 34.3. The van der Waals surface area contributed by atoms with E-state index in [1.54, 1.807) is 0 Å². The molecule has 0 bridgehead atoms. The van der Waals surface area contributed by atoms with Crippen molar-refractivity contribution in [2.75, 3.05) is 4.90 Å². The molecule has 0 aliphatic rings. The molecule has 296 valence electrons. The first-order valence-electron chi connectivity index (χ1n) is 21.4. The number of anilines is 3. The van der Waals surface area contributed by atoms with E-state index in [2.05, 4.69) is 222 Å². The second-order valence-corrected chi connectivity index (χ2v) is 16.3. The summed E-state index contributed by atoms with van der Waals surface area (Å²) >= 11 is 0. The van der Waals surface area contributed by atoms with E-state index < -0.39 is 0 Å². The summed E-state index contributed by atoms with van der Waals surface area (Å²) in [7, 11) is 0. The molecule has 0 spiro atoms. The van der Waals surface area contributed by atoms with Crippen LogP contribution in [0.2, 0.25) is 0 Å². The minimum Gasteiger partial charge on any atom is -0.311 e. The molecule has 2 nitrogen and oxygen atoms in total. The van der Waals surface area contributed by atoms with Gasteiger partial charge in [0.15, 0.2) is 0 Å². The van der Waals surface area contributed by atoms with Gasteiger partial charge in [0.1, 0.15) is 5.82 Å². The molecular formula is C60H39FN2. The molecule has 0 unspecified atom stereocenters. The maximum absolute atomic E-state index is 13.8. The van der Waals surface area contributed by atoms with Crippen molar-refractivity contribution in [1.82, 2.24) is 4.57 Å². The van der Waals surface area contributed by atoms with Gasteiger partial charge in [0.25, 0.3) is 0 Å². The third-order valence-electron chi connectivity index (χ3n) is 12.7. The van der Waals surface area contributed by atoms with Crippen LogP contribution in [-0.2, 0) is 0 Å². The lowest BCUT2D eigenvalue weighted by Crippen LogP contribution is -2.09. The van der Waals surface area contributed by atoms with Gasteiger partial charge in [-0.25, -0.2) is 4.39 Å². The highest BCUT2D eigenvalue weighted by Crippen LogP contribution is 2.41. The van der Waals surface area contributed by atoms with Gasteiger partial charge in [-0.1, -0.05) is 152 Å². The third-order valence-corrected chi connectivity index (χ3v) is 12.7. The molecule has 0 N–H and O–H groups in total. The van der Waals surface area contributed by atoms with Gasteiger partial charge >= 0.3 is 0 Å². The van der Waals surface area contributed by atoms with Gasteiger partial charge in [0, 0.05) is 33.5 Å². The first kappa shape index (κ1) is 36.6. The van der Waals surface area contributed by atoms with Crippen molar-refractivity contribution in [2.45, 2.75) is 0 Å². The lowest BCUT2D eigenvalue weighted by atomic mass is 9.92. The van der Waals surface area contributed by atoms with Crippen molar-refractivity contribution < 1.29 is 4.39 Å². The van der Waals surface area contributed by atoms with Gasteiger partial charge in [0.2, 0.25) is 0 Å². The Labute approximate surface area is 365 Å². The van der Waals surface area contributed by atoms with Crippen molar-refractivity contribution in [3.63, 3.8) is 0 Å². The summed E-state index contributed by atoms with van der Waals surface area (Å²) in [5, 5.41) is 10.1. The summed E-state index contributed by atoms with van der Waals surface area (Å²) in [6, 6.07) is 83.4. The largest absolute Gasteiger partial charge is 0.311 e. The SMILES string of the molecule is Fc1ccc(-c2ccc(N(c3ccc(-c4ccc5c6ccccc6c6ccccc6c5c4)cc3)c3ccc(-c4ccc5c(c4)c4ccccc4n5-c4ccccc4)cc3)cc2)cc1. The van der Waals surface area contributed by atoms with Crippen LogP contribution < -0.4 is 4.90 Å². The van der Waals surface area contributed by atoms with E-state index in [1.165, 1.54) is 77.4 Å². The fourth-order valence-electron chi connectivity index (χ4n) is 9.59. The predicted molar refractivity (Wildman–Crippen MR) is 264 cm³/mol. The van der Waals surface area contributed by atoms with Crippen LogP contribution in [0.5, 0.6) is 0 Å². The fraction of sp³-hybridized carbons (Fsp3) is 0. The van der Waals surface area contributed by atoms with Crippen molar-refractivity contribution in [3.05, 3.63) is 242 Å². The van der Waals surface area contributed by atoms with E-state index in [0.29, 0.717) is 0 Å². The van der Waals surface area contributed by atoms with E-state index in [4.69, 9.17) is 0 Å². The summed E-state index contributed by atoms with van der Waals surface area (Å²) < 4.78 is 16.2. The van der Waals surface area contributed by atoms with Gasteiger partial charge < -0.3 is 9.47 Å². The van der Waals surface area contributed by atoms with Crippen molar-refractivity contribution in [3.8, 4) is 39.1 Å². The van der Waals surface area contributed by atoms with E-state index >= 15 is 0 Å². The molecular weight excluding hydrogens is 768 g/mol. The number of fused-ring (bicyclic) bond motifs is 9. The van der Waals surface area contributed by atoms with Crippen LogP contribution in [0.3, 0.4) is 0 Å². The lowest BCUT2D eigenvalue weighted by molar-refractivity contribution is 0.628. The molecule has 63 heavy (non-hydrogen) atoms. The number of halogens is 1. The Hall–Kier alpha value is -8.27. The number of hydrogen-bond acceptors (Lipinski definition) is 1. The van der Waals surface area contributed by atoms with Gasteiger partial charge in [-0.3, -0.25) is 0 Å². The second kappa shape index (κ2) is 15.0. The van der Waals surface area contributed by atoms with Crippen LogP contribution in [0.15, 0.2) is 237 Å². The van der Waals surface area contributed by atoms with Crippen LogP contribution in [-0.4, -0.2) is 4.57 Å². The summed E-state index contributed by atoms with van der Waals surface area (Å²) in [6.07, 6.45) is 0. The number of aromatic nitrogens is 1. The molecule has 0 atom stereocenters. The standard InChI is InChI=1S/C60H39FN2/c61-46-28-18-40(19-29-46)41-20-30-48(31-21-41)62(49-32-22-42(23-33-49)44-26-36-55-53-14-5-4-12-51(53)52-13-6-7-15-54(52)57(55)38-44)50-34-24-43(25-35-50)45-27-37-60-58(39-45)56-16-8-9-17-59(56)63(60)47-10-2-1-3-11-47/h1-39H. The van der Waals surface area contributed by atoms with Crippen LogP contribution in [0.25, 0.3) is 93.2 Å². The maximum atomic E-state index is 13.8. The zero-order chi connectivity index (χ0) is 41.9. The normalized spacial score (nSPS) is 11.6. The van der Waals surface area contributed by atoms with E-state index in [1.807, 2.05) is 12.1 Å². The second-order valence-electron chi connectivity index (χ2n) is 16.3. The highest BCUT2D eigenvalue weighted by molar-refractivity contribution is 6.25. The molecule has 1 heterocycles. The van der Waals surface area contributed by atoms with Gasteiger partial charge in [-0.05, 0) is 151 Å². The summed E-state index contributed by atoms with van der Waals surface area (Å²) in [5.74, 6) is -0.238. The molecule has 0 aliphatic heterocycles. The van der Waals surface area contributed by atoms with Crippen LogP contribution in [0.1, 0.15) is 0 Å². The molecule has 0 radical (unpaired) electrons. The quantitative estimate of drug-likeness (QED) is 0.146. The van der Waals surface area contributed by atoms with E-state index in [9.17, 15) is 4.39 Å². The molecule has 12 rings (SSSR count). The highest BCUT2D eigenvalue weighted by atomic mass is 19.1. The molecule has 0 amide bonds. The third kappa shape index (κ3) is 6.33. The van der Waals surface area contributed by atoms with Gasteiger partial charge in [-0.2, -0.15) is 0 Å². The Kier molecular flexibility index (Phi) is 8.72. The Morgan fingerprint density at radius 1 is 0.270 bits per heavy atom. The molecule has 0 fully saturated rings. The smallest absolute Gasteiger partial charge is 0.123 e. The van der Waals surface area contributed by atoms with Crippen LogP contribution >= 0.6 is 0 Å². The topological polar surface area (TPSA) is 8.17 Å². The minimum atomic E-state index is -0.238. The fourth-order valence-corrected chi connectivity index (χ4v) is 9.59. The molecule has 11 aromatic carbocycles. The van der Waals surface area contributed by atoms with Crippen LogP contribution in [0, 0.1) is 5.82 Å². The Balaban J connectivity index is 0.928. The number of hydrogen-bond donors (Lipinski definition) is 0. The lowest BCUT2D eigenvalue weighted by Gasteiger charge is -2.26. The molecule has 1 aromatic heterocycles. The summed E-state index contributed by atoms with van der Waals surface area (Å²) in [5.41, 5.74) is 13.3. The van der Waals surface area contributed by atoms with Crippen LogP contribution in [0.4, 0.5) is 21.5 Å². The predicted octanol–water partition coefficient (Wildman–Crippen LogP) is 16.9. The number of rotatable bonds is 7. The average Bonchev–Trinajstić information content (AvgIpc) is 3.69. The van der Waals surface area contributed by atoms with Crippen molar-refractivity contribution in [2.24, 2.45) is 0 Å².